The van der Waals surface area contributed by atoms with Crippen molar-refractivity contribution in [2.75, 3.05) is 7.11 Å². The van der Waals surface area contributed by atoms with E-state index < -0.39 is 0 Å². The Morgan fingerprint density at radius 1 is 1.32 bits per heavy atom. The van der Waals surface area contributed by atoms with E-state index >= 15 is 0 Å². The number of benzene rings is 1. The number of carbonyl (C=O) groups is 1. The summed E-state index contributed by atoms with van der Waals surface area (Å²) in [4.78, 5) is 12.7. The molecule has 5 nitrogen and oxygen atoms in total. The van der Waals surface area contributed by atoms with Crippen molar-refractivity contribution >= 4 is 5.91 Å². The van der Waals surface area contributed by atoms with Crippen LogP contribution < -0.4 is 10.1 Å². The molecule has 0 radical (unpaired) electrons. The van der Waals surface area contributed by atoms with Gasteiger partial charge in [-0.25, -0.2) is 0 Å². The molecule has 0 saturated heterocycles. The maximum atomic E-state index is 12.7. The van der Waals surface area contributed by atoms with Crippen LogP contribution in [0.5, 0.6) is 5.75 Å². The fourth-order valence-corrected chi connectivity index (χ4v) is 3.81. The largest absolute Gasteiger partial charge is 0.497 e. The number of hydrogen-bond acceptors (Lipinski definition) is 4. The Hall–Kier alpha value is -2.30. The second-order valence-corrected chi connectivity index (χ2v) is 6.87. The van der Waals surface area contributed by atoms with Crippen LogP contribution >= 0.6 is 0 Å². The van der Waals surface area contributed by atoms with Crippen LogP contribution in [0.15, 0.2) is 28.8 Å². The summed E-state index contributed by atoms with van der Waals surface area (Å²) < 4.78 is 10.5. The van der Waals surface area contributed by atoms with Gasteiger partial charge in [0.05, 0.1) is 18.3 Å². The molecule has 1 heterocycles. The Labute approximate surface area is 148 Å². The quantitative estimate of drug-likeness (QED) is 0.867. The van der Waals surface area contributed by atoms with Crippen LogP contribution in [-0.2, 0) is 16.8 Å². The molecule has 1 aromatic heterocycles. The van der Waals surface area contributed by atoms with Crippen LogP contribution in [0.25, 0.3) is 0 Å². The van der Waals surface area contributed by atoms with Crippen LogP contribution in [0, 0.1) is 13.8 Å². The molecule has 1 saturated carbocycles. The molecule has 1 aliphatic carbocycles. The highest BCUT2D eigenvalue weighted by molar-refractivity contribution is 5.77. The molecule has 5 heteroatoms. The maximum Gasteiger partial charge on any atom is 0.221 e. The van der Waals surface area contributed by atoms with Crippen molar-refractivity contribution in [1.82, 2.24) is 10.5 Å². The highest BCUT2D eigenvalue weighted by Gasteiger charge is 2.37. The molecule has 1 aliphatic rings. The number of ether oxygens (including phenoxy) is 1. The first-order valence-electron chi connectivity index (χ1n) is 8.91. The lowest BCUT2D eigenvalue weighted by Crippen LogP contribution is -2.43. The molecular formula is C20H26N2O3. The summed E-state index contributed by atoms with van der Waals surface area (Å²) >= 11 is 0. The number of nitrogens with zero attached hydrogens (tertiary/aromatic N) is 1. The van der Waals surface area contributed by atoms with E-state index in [1.165, 1.54) is 0 Å². The summed E-state index contributed by atoms with van der Waals surface area (Å²) in [5.41, 5.74) is 2.77. The third-order valence-electron chi connectivity index (χ3n) is 5.24. The molecular weight excluding hydrogens is 316 g/mol. The minimum Gasteiger partial charge on any atom is -0.497 e. The van der Waals surface area contributed by atoms with E-state index in [1.54, 1.807) is 7.11 Å². The van der Waals surface area contributed by atoms with Gasteiger partial charge in [-0.3, -0.25) is 4.79 Å². The van der Waals surface area contributed by atoms with Crippen LogP contribution in [0.4, 0.5) is 0 Å². The molecule has 0 atom stereocenters. The minimum absolute atomic E-state index is 0.0738. The van der Waals surface area contributed by atoms with Crippen molar-refractivity contribution in [3.63, 3.8) is 0 Å². The normalized spacial score (nSPS) is 16.0. The van der Waals surface area contributed by atoms with Gasteiger partial charge < -0.3 is 14.6 Å². The molecule has 1 aromatic carbocycles. The van der Waals surface area contributed by atoms with Gasteiger partial charge in [0.15, 0.2) is 0 Å². The molecule has 0 unspecified atom stereocenters. The lowest BCUT2D eigenvalue weighted by Gasteiger charge is -2.31. The number of amides is 1. The van der Waals surface area contributed by atoms with Crippen molar-refractivity contribution in [3.05, 3.63) is 46.8 Å². The molecule has 1 amide bonds. The Morgan fingerprint density at radius 2 is 2.08 bits per heavy atom. The van der Waals surface area contributed by atoms with Gasteiger partial charge in [0.25, 0.3) is 0 Å². The van der Waals surface area contributed by atoms with Crippen LogP contribution in [0.1, 0.15) is 54.7 Å². The first-order valence-corrected chi connectivity index (χ1v) is 8.91. The third kappa shape index (κ3) is 3.70. The Bertz CT molecular complexity index is 726. The van der Waals surface area contributed by atoms with E-state index in [4.69, 9.17) is 9.26 Å². The van der Waals surface area contributed by atoms with Crippen LogP contribution in [0.2, 0.25) is 0 Å². The summed E-state index contributed by atoms with van der Waals surface area (Å²) in [6, 6.07) is 8.05. The topological polar surface area (TPSA) is 64.4 Å². The van der Waals surface area contributed by atoms with Crippen molar-refractivity contribution < 1.29 is 14.1 Å². The number of methoxy groups -OCH3 is 1. The predicted molar refractivity (Wildman–Crippen MR) is 95.6 cm³/mol. The van der Waals surface area contributed by atoms with Gasteiger partial charge in [-0.1, -0.05) is 30.1 Å². The maximum absolute atomic E-state index is 12.7. The van der Waals surface area contributed by atoms with E-state index in [0.717, 1.165) is 54.0 Å². The third-order valence-corrected chi connectivity index (χ3v) is 5.24. The number of rotatable bonds is 6. The number of hydrogen-bond donors (Lipinski definition) is 1. The lowest BCUT2D eigenvalue weighted by atomic mass is 9.87. The molecule has 1 N–H and O–H groups in total. The molecule has 3 rings (SSSR count). The number of aromatic nitrogens is 1. The average Bonchev–Trinajstić information content (AvgIpc) is 3.21. The summed E-state index contributed by atoms with van der Waals surface area (Å²) in [6.07, 6.45) is 5.28. The SMILES string of the molecule is COc1cccc(C2(NC(=O)CCc3c(C)noc3C)CCCC2)c1. The summed E-state index contributed by atoms with van der Waals surface area (Å²) in [7, 11) is 1.67. The Kier molecular flexibility index (Phi) is 5.11. The van der Waals surface area contributed by atoms with E-state index in [9.17, 15) is 4.79 Å². The van der Waals surface area contributed by atoms with E-state index in [1.807, 2.05) is 32.0 Å². The molecule has 0 spiro atoms. The van der Waals surface area contributed by atoms with Gasteiger partial charge in [0.1, 0.15) is 11.5 Å². The van der Waals surface area contributed by atoms with Gasteiger partial charge in [0, 0.05) is 12.0 Å². The van der Waals surface area contributed by atoms with Gasteiger partial charge in [-0.2, -0.15) is 0 Å². The van der Waals surface area contributed by atoms with Crippen molar-refractivity contribution in [1.29, 1.82) is 0 Å². The van der Waals surface area contributed by atoms with Gasteiger partial charge in [-0.05, 0) is 50.8 Å². The zero-order chi connectivity index (χ0) is 17.9. The summed E-state index contributed by atoms with van der Waals surface area (Å²) in [5, 5.41) is 7.27. The predicted octanol–water partition coefficient (Wildman–Crippen LogP) is 3.82. The fraction of sp³-hybridized carbons (Fsp3) is 0.500. The molecule has 134 valence electrons. The minimum atomic E-state index is -0.273. The smallest absolute Gasteiger partial charge is 0.221 e. The highest BCUT2D eigenvalue weighted by atomic mass is 16.5. The molecule has 0 bridgehead atoms. The van der Waals surface area contributed by atoms with Crippen molar-refractivity contribution in [2.45, 2.75) is 57.9 Å². The number of nitrogens with one attached hydrogen (secondary N) is 1. The van der Waals surface area contributed by atoms with Gasteiger partial charge >= 0.3 is 0 Å². The Balaban J connectivity index is 1.72. The van der Waals surface area contributed by atoms with E-state index in [0.29, 0.717) is 12.8 Å². The Morgan fingerprint density at radius 3 is 2.72 bits per heavy atom. The molecule has 2 aromatic rings. The standard InChI is InChI=1S/C20H26N2O3/c1-14-18(15(2)25-22-14)9-10-19(23)21-20(11-4-5-12-20)16-7-6-8-17(13-16)24-3/h6-8,13H,4-5,9-12H2,1-3H3,(H,21,23). The van der Waals surface area contributed by atoms with Crippen LogP contribution in [0.3, 0.4) is 0 Å². The number of carbonyl (C=O) groups excluding carboxylic acids is 1. The van der Waals surface area contributed by atoms with Gasteiger partial charge in [0.2, 0.25) is 5.91 Å². The van der Waals surface area contributed by atoms with E-state index in [2.05, 4.69) is 16.5 Å². The molecule has 1 fully saturated rings. The van der Waals surface area contributed by atoms with E-state index in [-0.39, 0.29) is 11.4 Å². The van der Waals surface area contributed by atoms with Gasteiger partial charge in [-0.15, -0.1) is 0 Å². The second-order valence-electron chi connectivity index (χ2n) is 6.87. The monoisotopic (exact) mass is 342 g/mol. The van der Waals surface area contributed by atoms with Crippen molar-refractivity contribution in [3.8, 4) is 5.75 Å². The highest BCUT2D eigenvalue weighted by Crippen LogP contribution is 2.39. The first kappa shape index (κ1) is 17.5. The summed E-state index contributed by atoms with van der Waals surface area (Å²) in [5.74, 6) is 1.70. The first-order chi connectivity index (χ1) is 12.0. The fourth-order valence-electron chi connectivity index (χ4n) is 3.81. The van der Waals surface area contributed by atoms with Crippen molar-refractivity contribution in [2.24, 2.45) is 0 Å². The zero-order valence-electron chi connectivity index (χ0n) is 15.2. The second kappa shape index (κ2) is 7.30. The average molecular weight is 342 g/mol. The van der Waals surface area contributed by atoms with Crippen LogP contribution in [-0.4, -0.2) is 18.2 Å². The molecule has 25 heavy (non-hydrogen) atoms. The zero-order valence-corrected chi connectivity index (χ0v) is 15.2. The number of aryl methyl sites for hydroxylation is 2. The molecule has 0 aliphatic heterocycles. The lowest BCUT2D eigenvalue weighted by molar-refractivity contribution is -0.123. The summed E-state index contributed by atoms with van der Waals surface area (Å²) in [6.45, 7) is 3.81.